The number of nitro benzene ring substituents is 1. The first-order valence-electron chi connectivity index (χ1n) is 7.88. The van der Waals surface area contributed by atoms with Gasteiger partial charge in [0.2, 0.25) is 0 Å². The number of nitrogens with zero attached hydrogens (tertiary/aromatic N) is 2. The second-order valence-electron chi connectivity index (χ2n) is 7.30. The lowest BCUT2D eigenvalue weighted by molar-refractivity contribution is -0.387. The zero-order valence-corrected chi connectivity index (χ0v) is 15.0. The van der Waals surface area contributed by atoms with Crippen LogP contribution in [0.1, 0.15) is 20.3 Å². The van der Waals surface area contributed by atoms with Crippen molar-refractivity contribution in [3.63, 3.8) is 0 Å². The maximum absolute atomic E-state index is 12.0. The highest BCUT2D eigenvalue weighted by atomic mass is 32.2. The minimum atomic E-state index is -3.69. The average Bonchev–Trinajstić information content (AvgIpc) is 2.91. The fourth-order valence-electron chi connectivity index (χ4n) is 4.41. The molecule has 0 bridgehead atoms. The molecule has 2 aliphatic rings. The Hall–Kier alpha value is -1.67. The van der Waals surface area contributed by atoms with Gasteiger partial charge in [-0.1, -0.05) is 13.8 Å². The third-order valence-corrected chi connectivity index (χ3v) is 6.53. The summed E-state index contributed by atoms with van der Waals surface area (Å²) in [6, 6.07) is 4.51. The Morgan fingerprint density at radius 3 is 2.62 bits per heavy atom. The minimum Gasteiger partial charge on any atom is -0.377 e. The predicted octanol–water partition coefficient (Wildman–Crippen LogP) is 2.25. The molecule has 0 spiro atoms. The van der Waals surface area contributed by atoms with Gasteiger partial charge >= 0.3 is 0 Å². The van der Waals surface area contributed by atoms with Crippen LogP contribution in [0.3, 0.4) is 0 Å². The van der Waals surface area contributed by atoms with E-state index in [1.54, 1.807) is 6.07 Å². The van der Waals surface area contributed by atoms with Gasteiger partial charge in [-0.2, -0.15) is 0 Å². The second-order valence-corrected chi connectivity index (χ2v) is 9.29. The van der Waals surface area contributed by atoms with E-state index in [-0.39, 0.29) is 28.1 Å². The first-order chi connectivity index (χ1) is 11.0. The number of sulfone groups is 1. The van der Waals surface area contributed by atoms with Gasteiger partial charge in [-0.15, -0.1) is 0 Å². The molecule has 1 heterocycles. The molecule has 132 valence electrons. The van der Waals surface area contributed by atoms with Crippen LogP contribution in [-0.2, 0) is 14.6 Å². The van der Waals surface area contributed by atoms with E-state index in [1.807, 2.05) is 11.9 Å². The van der Waals surface area contributed by atoms with Crippen LogP contribution in [0.2, 0.25) is 0 Å². The molecular weight excluding hydrogens is 332 g/mol. The van der Waals surface area contributed by atoms with Gasteiger partial charge < -0.3 is 9.64 Å². The highest BCUT2D eigenvalue weighted by Crippen LogP contribution is 2.55. The Balaban J connectivity index is 1.99. The highest BCUT2D eigenvalue weighted by Gasteiger charge is 2.60. The smallest absolute Gasteiger partial charge is 0.288 e. The Bertz CT molecular complexity index is 790. The lowest BCUT2D eigenvalue weighted by Crippen LogP contribution is -2.66. The van der Waals surface area contributed by atoms with E-state index >= 15 is 0 Å². The lowest BCUT2D eigenvalue weighted by atomic mass is 9.56. The third kappa shape index (κ3) is 2.48. The van der Waals surface area contributed by atoms with Crippen LogP contribution in [-0.4, -0.2) is 45.4 Å². The van der Waals surface area contributed by atoms with Gasteiger partial charge in [0.1, 0.15) is 4.90 Å². The van der Waals surface area contributed by atoms with Gasteiger partial charge in [-0.05, 0) is 18.6 Å². The fourth-order valence-corrected chi connectivity index (χ4v) is 5.27. The molecule has 0 N–H and O–H groups in total. The SMILES string of the molecule is CN(c1ccc([N+](=O)[O-])c(S(C)(=O)=O)c1)C1C2CCOC2C1(C)C. The third-order valence-electron chi connectivity index (χ3n) is 5.40. The lowest BCUT2D eigenvalue weighted by Gasteiger charge is -2.58. The first-order valence-corrected chi connectivity index (χ1v) is 9.77. The van der Waals surface area contributed by atoms with Gasteiger partial charge in [0.25, 0.3) is 5.69 Å². The van der Waals surface area contributed by atoms with Crippen molar-refractivity contribution in [2.75, 3.05) is 24.8 Å². The number of hydrogen-bond donors (Lipinski definition) is 0. The predicted molar refractivity (Wildman–Crippen MR) is 90.0 cm³/mol. The summed E-state index contributed by atoms with van der Waals surface area (Å²) in [6.07, 6.45) is 2.19. The highest BCUT2D eigenvalue weighted by molar-refractivity contribution is 7.90. The molecule has 1 aromatic carbocycles. The zero-order chi connectivity index (χ0) is 17.9. The number of ether oxygens (including phenoxy) is 1. The average molecular weight is 354 g/mol. The summed E-state index contributed by atoms with van der Waals surface area (Å²) in [4.78, 5) is 12.2. The largest absolute Gasteiger partial charge is 0.377 e. The molecule has 0 amide bonds. The number of benzene rings is 1. The molecule has 7 nitrogen and oxygen atoms in total. The van der Waals surface area contributed by atoms with Gasteiger partial charge in [-0.3, -0.25) is 10.1 Å². The monoisotopic (exact) mass is 354 g/mol. The van der Waals surface area contributed by atoms with Crippen molar-refractivity contribution >= 4 is 21.2 Å². The Morgan fingerprint density at radius 1 is 1.38 bits per heavy atom. The summed E-state index contributed by atoms with van der Waals surface area (Å²) in [5.41, 5.74) is 0.234. The molecule has 0 aromatic heterocycles. The molecule has 1 aliphatic carbocycles. The number of hydrogen-bond acceptors (Lipinski definition) is 6. The zero-order valence-electron chi connectivity index (χ0n) is 14.2. The molecule has 3 unspecified atom stereocenters. The van der Waals surface area contributed by atoms with Crippen LogP contribution >= 0.6 is 0 Å². The second kappa shape index (κ2) is 5.42. The number of rotatable bonds is 4. The van der Waals surface area contributed by atoms with Crippen molar-refractivity contribution in [1.82, 2.24) is 0 Å². The molecule has 8 heteroatoms. The number of anilines is 1. The first kappa shape index (κ1) is 17.2. The van der Waals surface area contributed by atoms with Crippen molar-refractivity contribution in [3.05, 3.63) is 28.3 Å². The Morgan fingerprint density at radius 2 is 2.04 bits per heavy atom. The van der Waals surface area contributed by atoms with E-state index in [1.165, 1.54) is 12.1 Å². The molecule has 1 saturated carbocycles. The number of fused-ring (bicyclic) bond motifs is 1. The van der Waals surface area contributed by atoms with E-state index in [9.17, 15) is 18.5 Å². The van der Waals surface area contributed by atoms with Crippen molar-refractivity contribution in [2.24, 2.45) is 11.3 Å². The molecule has 3 rings (SSSR count). The molecule has 3 atom stereocenters. The quantitative estimate of drug-likeness (QED) is 0.608. The van der Waals surface area contributed by atoms with Crippen molar-refractivity contribution in [1.29, 1.82) is 0 Å². The van der Waals surface area contributed by atoms with E-state index < -0.39 is 14.8 Å². The maximum Gasteiger partial charge on any atom is 0.288 e. The van der Waals surface area contributed by atoms with Gasteiger partial charge in [0, 0.05) is 49.0 Å². The van der Waals surface area contributed by atoms with Crippen molar-refractivity contribution in [3.8, 4) is 0 Å². The summed E-state index contributed by atoms with van der Waals surface area (Å²) >= 11 is 0. The molecule has 2 fully saturated rings. The van der Waals surface area contributed by atoms with Crippen LogP contribution in [0.25, 0.3) is 0 Å². The van der Waals surface area contributed by atoms with Gasteiger partial charge in [0.05, 0.1) is 11.0 Å². The van der Waals surface area contributed by atoms with Crippen molar-refractivity contribution in [2.45, 2.75) is 37.3 Å². The van der Waals surface area contributed by atoms with E-state index in [0.717, 1.165) is 19.3 Å². The molecular formula is C16H22N2O5S. The number of nitro groups is 1. The van der Waals surface area contributed by atoms with Crippen molar-refractivity contribution < 1.29 is 18.1 Å². The summed E-state index contributed by atoms with van der Waals surface area (Å²) in [5.74, 6) is 0.405. The molecule has 1 saturated heterocycles. The van der Waals surface area contributed by atoms with Gasteiger partial charge in [0.15, 0.2) is 9.84 Å². The van der Waals surface area contributed by atoms with E-state index in [4.69, 9.17) is 4.74 Å². The van der Waals surface area contributed by atoms with Crippen LogP contribution in [0.4, 0.5) is 11.4 Å². The van der Waals surface area contributed by atoms with E-state index in [2.05, 4.69) is 13.8 Å². The standard InChI is InChI=1S/C16H22N2O5S/c1-16(2)14(11-7-8-23-15(11)16)17(3)10-5-6-12(18(19)20)13(9-10)24(4,21)22/h5-6,9,11,14-15H,7-8H2,1-4H3. The Kier molecular flexibility index (Phi) is 3.88. The minimum absolute atomic E-state index is 0.0526. The normalized spacial score (nSPS) is 28.1. The molecule has 24 heavy (non-hydrogen) atoms. The molecule has 1 aliphatic heterocycles. The molecule has 0 radical (unpaired) electrons. The Labute approximate surface area is 141 Å². The summed E-state index contributed by atoms with van der Waals surface area (Å²) in [6.45, 7) is 5.03. The fraction of sp³-hybridized carbons (Fsp3) is 0.625. The maximum atomic E-state index is 12.0. The summed E-state index contributed by atoms with van der Waals surface area (Å²) in [5, 5.41) is 11.1. The van der Waals surface area contributed by atoms with Gasteiger partial charge in [-0.25, -0.2) is 8.42 Å². The van der Waals surface area contributed by atoms with Crippen LogP contribution in [0.15, 0.2) is 23.1 Å². The summed E-state index contributed by atoms with van der Waals surface area (Å²) < 4.78 is 29.7. The summed E-state index contributed by atoms with van der Waals surface area (Å²) in [7, 11) is -1.78. The van der Waals surface area contributed by atoms with Crippen LogP contribution in [0, 0.1) is 21.4 Å². The van der Waals surface area contributed by atoms with E-state index in [0.29, 0.717) is 11.6 Å². The van der Waals surface area contributed by atoms with Crippen LogP contribution in [0.5, 0.6) is 0 Å². The van der Waals surface area contributed by atoms with Crippen LogP contribution < -0.4 is 4.90 Å². The molecule has 1 aromatic rings. The topological polar surface area (TPSA) is 89.8 Å².